The van der Waals surface area contributed by atoms with Crippen molar-refractivity contribution in [1.82, 2.24) is 0 Å². The van der Waals surface area contributed by atoms with Gasteiger partial charge in [-0.3, -0.25) is 14.5 Å². The van der Waals surface area contributed by atoms with Gasteiger partial charge in [0.2, 0.25) is 17.8 Å². The molecule has 0 bridgehead atoms. The third-order valence-electron chi connectivity index (χ3n) is 4.81. The maximum atomic E-state index is 13.1. The number of methoxy groups -OCH3 is 1. The van der Waals surface area contributed by atoms with E-state index in [9.17, 15) is 9.59 Å². The van der Waals surface area contributed by atoms with E-state index in [1.807, 2.05) is 60.7 Å². The Labute approximate surface area is 180 Å². The minimum absolute atomic E-state index is 0.0309. The molecule has 0 saturated carbocycles. The molecule has 7 heteroatoms. The lowest BCUT2D eigenvalue weighted by molar-refractivity contribution is -0.123. The molecule has 1 aliphatic rings. The van der Waals surface area contributed by atoms with Gasteiger partial charge in [-0.15, -0.1) is 0 Å². The van der Waals surface area contributed by atoms with Crippen LogP contribution in [0.2, 0.25) is 0 Å². The van der Waals surface area contributed by atoms with Gasteiger partial charge in [0, 0.05) is 11.4 Å². The Morgan fingerprint density at radius 1 is 0.935 bits per heavy atom. The smallest absolute Gasteiger partial charge is 0.249 e. The summed E-state index contributed by atoms with van der Waals surface area (Å²) in [6, 6.07) is 24.8. The molecular weight excluding hydrogens is 392 g/mol. The molecule has 1 aliphatic heterocycles. The summed E-state index contributed by atoms with van der Waals surface area (Å²) in [5.74, 6) is 0.438. The fraction of sp³-hybridized carbons (Fsp3) is 0.125. The maximum Gasteiger partial charge on any atom is 0.249 e. The van der Waals surface area contributed by atoms with Gasteiger partial charge in [0.15, 0.2) is 0 Å². The second-order valence-electron chi connectivity index (χ2n) is 6.95. The number of para-hydroxylation sites is 2. The van der Waals surface area contributed by atoms with Crippen LogP contribution in [0.3, 0.4) is 0 Å². The molecule has 0 radical (unpaired) electrons. The number of carbonyl (C=O) groups is 2. The molecule has 4 rings (SSSR count). The second kappa shape index (κ2) is 9.13. The Hall–Kier alpha value is -4.13. The van der Waals surface area contributed by atoms with E-state index in [0.29, 0.717) is 23.1 Å². The van der Waals surface area contributed by atoms with Crippen LogP contribution in [0.4, 0.5) is 17.1 Å². The molecule has 0 spiro atoms. The predicted molar refractivity (Wildman–Crippen MR) is 121 cm³/mol. The number of hydrogen-bond donors (Lipinski definition) is 2. The largest absolute Gasteiger partial charge is 0.497 e. The van der Waals surface area contributed by atoms with E-state index in [2.05, 4.69) is 15.6 Å². The molecule has 0 fully saturated rings. The normalized spacial score (nSPS) is 15.8. The summed E-state index contributed by atoms with van der Waals surface area (Å²) in [4.78, 5) is 32.0. The van der Waals surface area contributed by atoms with Crippen molar-refractivity contribution in [3.05, 3.63) is 84.9 Å². The van der Waals surface area contributed by atoms with E-state index >= 15 is 0 Å². The fourth-order valence-electron chi connectivity index (χ4n) is 3.26. The first-order valence-electron chi connectivity index (χ1n) is 9.87. The third-order valence-corrected chi connectivity index (χ3v) is 4.81. The third kappa shape index (κ3) is 4.72. The van der Waals surface area contributed by atoms with Crippen molar-refractivity contribution in [2.24, 2.45) is 4.99 Å². The van der Waals surface area contributed by atoms with Crippen molar-refractivity contribution < 1.29 is 14.3 Å². The highest BCUT2D eigenvalue weighted by Gasteiger charge is 2.34. The monoisotopic (exact) mass is 414 g/mol. The Kier molecular flexibility index (Phi) is 5.93. The van der Waals surface area contributed by atoms with E-state index < -0.39 is 6.04 Å². The van der Waals surface area contributed by atoms with Crippen LogP contribution in [-0.2, 0) is 9.59 Å². The minimum Gasteiger partial charge on any atom is -0.497 e. The first-order valence-corrected chi connectivity index (χ1v) is 9.87. The average molecular weight is 414 g/mol. The lowest BCUT2D eigenvalue weighted by Crippen LogP contribution is -2.49. The van der Waals surface area contributed by atoms with Crippen molar-refractivity contribution in [2.75, 3.05) is 22.6 Å². The number of benzene rings is 3. The Bertz CT molecular complexity index is 1080. The van der Waals surface area contributed by atoms with Crippen LogP contribution in [0.15, 0.2) is 89.9 Å². The fourth-order valence-corrected chi connectivity index (χ4v) is 3.26. The molecule has 0 saturated heterocycles. The van der Waals surface area contributed by atoms with Gasteiger partial charge in [-0.2, -0.15) is 0 Å². The van der Waals surface area contributed by atoms with Gasteiger partial charge >= 0.3 is 0 Å². The maximum absolute atomic E-state index is 13.1. The standard InChI is InChI=1S/C24H22N4O3/c1-31-20-14-12-18(13-15-20)25-23(30)21-16-22(29)28(19-10-6-3-7-11-19)24(27-21)26-17-8-4-2-5-9-17/h2-15,21H,16H2,1H3,(H,25,30)(H,26,27)/t21-/m1/s1. The number of nitrogens with zero attached hydrogens (tertiary/aromatic N) is 2. The van der Waals surface area contributed by atoms with Crippen LogP contribution in [0.25, 0.3) is 0 Å². The van der Waals surface area contributed by atoms with E-state index in [-0.39, 0.29) is 18.2 Å². The lowest BCUT2D eigenvalue weighted by atomic mass is 10.1. The number of aliphatic imine (C=N–C) groups is 1. The topological polar surface area (TPSA) is 83.0 Å². The summed E-state index contributed by atoms with van der Waals surface area (Å²) in [5.41, 5.74) is 2.06. The molecular formula is C24H22N4O3. The molecule has 1 atom stereocenters. The summed E-state index contributed by atoms with van der Waals surface area (Å²) in [7, 11) is 1.58. The number of anilines is 3. The van der Waals surface area contributed by atoms with Crippen LogP contribution in [-0.4, -0.2) is 30.9 Å². The Morgan fingerprint density at radius 3 is 2.23 bits per heavy atom. The highest BCUT2D eigenvalue weighted by molar-refractivity contribution is 6.23. The molecule has 0 aromatic heterocycles. The van der Waals surface area contributed by atoms with Crippen molar-refractivity contribution >= 4 is 34.8 Å². The predicted octanol–water partition coefficient (Wildman–Crippen LogP) is 3.91. The first-order chi connectivity index (χ1) is 15.1. The number of rotatable bonds is 5. The van der Waals surface area contributed by atoms with Gasteiger partial charge in [0.05, 0.1) is 19.2 Å². The summed E-state index contributed by atoms with van der Waals surface area (Å²) in [6.07, 6.45) is -0.0309. The van der Waals surface area contributed by atoms with E-state index in [4.69, 9.17) is 4.74 Å². The first kappa shape index (κ1) is 20.2. The molecule has 2 N–H and O–H groups in total. The number of guanidine groups is 1. The molecule has 1 heterocycles. The van der Waals surface area contributed by atoms with Crippen LogP contribution in [0.5, 0.6) is 5.75 Å². The van der Waals surface area contributed by atoms with Crippen LogP contribution >= 0.6 is 0 Å². The van der Waals surface area contributed by atoms with E-state index in [0.717, 1.165) is 5.69 Å². The van der Waals surface area contributed by atoms with Crippen LogP contribution in [0.1, 0.15) is 6.42 Å². The Balaban J connectivity index is 1.61. The number of carbonyl (C=O) groups excluding carboxylic acids is 2. The zero-order valence-electron chi connectivity index (χ0n) is 17.0. The van der Waals surface area contributed by atoms with Crippen molar-refractivity contribution in [2.45, 2.75) is 12.5 Å². The van der Waals surface area contributed by atoms with E-state index in [1.54, 1.807) is 31.4 Å². The van der Waals surface area contributed by atoms with Gasteiger partial charge in [0.25, 0.3) is 0 Å². The number of hydrogen-bond acceptors (Lipinski definition) is 5. The van der Waals surface area contributed by atoms with Crippen molar-refractivity contribution in [3.8, 4) is 5.75 Å². The molecule has 156 valence electrons. The van der Waals surface area contributed by atoms with E-state index in [1.165, 1.54) is 4.90 Å². The molecule has 31 heavy (non-hydrogen) atoms. The van der Waals surface area contributed by atoms with Gasteiger partial charge in [-0.05, 0) is 48.5 Å². The second-order valence-corrected chi connectivity index (χ2v) is 6.95. The molecule has 0 unspecified atom stereocenters. The van der Waals surface area contributed by atoms with Gasteiger partial charge in [-0.1, -0.05) is 36.4 Å². The molecule has 7 nitrogen and oxygen atoms in total. The van der Waals surface area contributed by atoms with Gasteiger partial charge in [-0.25, -0.2) is 4.99 Å². The summed E-state index contributed by atoms with van der Waals surface area (Å²) in [5, 5.41) is 6.00. The molecule has 3 aromatic rings. The van der Waals surface area contributed by atoms with Crippen molar-refractivity contribution in [1.29, 1.82) is 0 Å². The molecule has 0 aliphatic carbocycles. The van der Waals surface area contributed by atoms with Crippen LogP contribution < -0.4 is 20.3 Å². The zero-order chi connectivity index (χ0) is 21.6. The van der Waals surface area contributed by atoms with Crippen LogP contribution in [0, 0.1) is 0 Å². The summed E-state index contributed by atoms with van der Waals surface area (Å²) in [6.45, 7) is 0. The average Bonchev–Trinajstić information content (AvgIpc) is 2.80. The molecule has 2 amide bonds. The lowest BCUT2D eigenvalue weighted by Gasteiger charge is -2.31. The van der Waals surface area contributed by atoms with Crippen molar-refractivity contribution in [3.63, 3.8) is 0 Å². The van der Waals surface area contributed by atoms with Gasteiger partial charge < -0.3 is 15.4 Å². The zero-order valence-corrected chi connectivity index (χ0v) is 17.0. The highest BCUT2D eigenvalue weighted by Crippen LogP contribution is 2.23. The number of nitrogens with one attached hydrogen (secondary N) is 2. The molecule has 3 aromatic carbocycles. The Morgan fingerprint density at radius 2 is 1.58 bits per heavy atom. The SMILES string of the molecule is COc1ccc(NC(=O)[C@H]2CC(=O)N(c3ccccc3)C(Nc3ccccc3)=N2)cc1. The number of amides is 2. The number of ether oxygens (including phenoxy) is 1. The summed E-state index contributed by atoms with van der Waals surface area (Å²) < 4.78 is 5.14. The summed E-state index contributed by atoms with van der Waals surface area (Å²) >= 11 is 0. The minimum atomic E-state index is -0.847. The quantitative estimate of drug-likeness (QED) is 0.663. The van der Waals surface area contributed by atoms with Gasteiger partial charge in [0.1, 0.15) is 11.8 Å². The highest BCUT2D eigenvalue weighted by atomic mass is 16.5.